The van der Waals surface area contributed by atoms with Crippen molar-refractivity contribution in [2.45, 2.75) is 45.6 Å². The summed E-state index contributed by atoms with van der Waals surface area (Å²) in [6, 6.07) is 4.52. The molecule has 2 fully saturated rings. The molecule has 9 heteroatoms. The first kappa shape index (κ1) is 24.2. The summed E-state index contributed by atoms with van der Waals surface area (Å²) in [5.41, 5.74) is 4.26. The van der Waals surface area contributed by atoms with Crippen LogP contribution in [0.4, 0.5) is 5.69 Å². The van der Waals surface area contributed by atoms with E-state index in [0.717, 1.165) is 31.6 Å². The summed E-state index contributed by atoms with van der Waals surface area (Å²) in [4.78, 5) is 51.7. The van der Waals surface area contributed by atoms with E-state index in [2.05, 4.69) is 30.0 Å². The molecule has 0 radical (unpaired) electrons. The number of rotatable bonds is 5. The molecule has 4 N–H and O–H groups in total. The lowest BCUT2D eigenvalue weighted by atomic mass is 10.0. The summed E-state index contributed by atoms with van der Waals surface area (Å²) in [6.45, 7) is 5.98. The highest BCUT2D eigenvalue weighted by Gasteiger charge is 2.33. The molecule has 0 aromatic heterocycles. The van der Waals surface area contributed by atoms with Crippen molar-refractivity contribution >= 4 is 29.7 Å². The van der Waals surface area contributed by atoms with E-state index in [-0.39, 0.29) is 29.9 Å². The van der Waals surface area contributed by atoms with Crippen molar-refractivity contribution in [1.29, 1.82) is 0 Å². The van der Waals surface area contributed by atoms with Crippen molar-refractivity contribution in [3.8, 4) is 0 Å². The summed E-state index contributed by atoms with van der Waals surface area (Å²) in [7, 11) is 1.53. The van der Waals surface area contributed by atoms with Gasteiger partial charge in [0, 0.05) is 37.8 Å². The number of nitrogens with two attached hydrogens (primary N) is 1. The van der Waals surface area contributed by atoms with Crippen LogP contribution in [0.2, 0.25) is 0 Å². The zero-order valence-corrected chi connectivity index (χ0v) is 18.2. The van der Waals surface area contributed by atoms with Crippen LogP contribution in [-0.4, -0.2) is 60.3 Å². The number of amides is 3. The van der Waals surface area contributed by atoms with Gasteiger partial charge in [-0.25, -0.2) is 5.90 Å². The van der Waals surface area contributed by atoms with Gasteiger partial charge < -0.3 is 15.0 Å². The molecule has 2 heterocycles. The van der Waals surface area contributed by atoms with Crippen LogP contribution in [0.5, 0.6) is 0 Å². The summed E-state index contributed by atoms with van der Waals surface area (Å²) >= 11 is 0. The average Bonchev–Trinajstić information content (AvgIpc) is 3.29. The van der Waals surface area contributed by atoms with Gasteiger partial charge >= 0.3 is 0 Å². The fraction of sp³-hybridized carbons (Fsp3) is 0.455. The molecule has 0 spiro atoms. The van der Waals surface area contributed by atoms with Gasteiger partial charge in [0.15, 0.2) is 6.29 Å². The quantitative estimate of drug-likeness (QED) is 0.280. The summed E-state index contributed by atoms with van der Waals surface area (Å²) < 4.78 is 0. The molecule has 3 amide bonds. The number of piperidine rings is 1. The van der Waals surface area contributed by atoms with Crippen LogP contribution in [0.1, 0.15) is 60.2 Å². The Hall–Kier alpha value is -3.04. The maximum Gasteiger partial charge on any atom is 0.255 e. The SMILES string of the molecule is CC/C(C)=C1/CCN(c2ccc(C=O)c(C(=O)N(C)C3CCC(=O)NC3=O)c2)C1.NO. The number of aldehydes is 1. The Bertz CT molecular complexity index is 896. The van der Waals surface area contributed by atoms with E-state index in [1.54, 1.807) is 12.1 Å². The Morgan fingerprint density at radius 1 is 1.32 bits per heavy atom. The standard InChI is InChI=1S/C22H27N3O4.H3NO/c1-4-14(2)15-9-10-25(12-15)17-6-5-16(13-26)18(11-17)22(29)24(3)19-7-8-20(27)23-21(19)28;1-2/h5-6,11,13,19H,4,7-10,12H2,1-3H3,(H,23,27,28);2H,1H2/b15-14-;. The molecule has 9 nitrogen and oxygen atoms in total. The molecule has 168 valence electrons. The van der Waals surface area contributed by atoms with Gasteiger partial charge in [0.1, 0.15) is 6.04 Å². The van der Waals surface area contributed by atoms with E-state index in [9.17, 15) is 19.2 Å². The molecule has 0 bridgehead atoms. The topological polar surface area (TPSA) is 133 Å². The van der Waals surface area contributed by atoms with E-state index in [1.165, 1.54) is 23.1 Å². The fourth-order valence-electron chi connectivity index (χ4n) is 3.89. The average molecular weight is 431 g/mol. The van der Waals surface area contributed by atoms with Crippen LogP contribution < -0.4 is 16.1 Å². The van der Waals surface area contributed by atoms with Crippen molar-refractivity contribution in [2.24, 2.45) is 5.90 Å². The lowest BCUT2D eigenvalue weighted by Gasteiger charge is -2.30. The predicted molar refractivity (Wildman–Crippen MR) is 116 cm³/mol. The van der Waals surface area contributed by atoms with Crippen molar-refractivity contribution in [3.05, 3.63) is 40.5 Å². The van der Waals surface area contributed by atoms with Gasteiger partial charge in [-0.1, -0.05) is 18.1 Å². The second kappa shape index (κ2) is 10.8. The number of hydrogen-bond donors (Lipinski definition) is 3. The predicted octanol–water partition coefficient (Wildman–Crippen LogP) is 1.65. The number of imide groups is 1. The van der Waals surface area contributed by atoms with Crippen molar-refractivity contribution < 1.29 is 24.4 Å². The number of carbonyl (C=O) groups excluding carboxylic acids is 4. The number of hydrogen-bond acceptors (Lipinski definition) is 7. The van der Waals surface area contributed by atoms with Gasteiger partial charge in [-0.3, -0.25) is 24.5 Å². The molecular formula is C22H30N4O5. The third-order valence-corrected chi connectivity index (χ3v) is 5.96. The number of carbonyl (C=O) groups is 4. The lowest BCUT2D eigenvalue weighted by molar-refractivity contribution is -0.136. The third kappa shape index (κ3) is 5.36. The van der Waals surface area contributed by atoms with E-state index >= 15 is 0 Å². The molecule has 3 rings (SSSR count). The minimum Gasteiger partial charge on any atom is -0.367 e. The first-order valence-electron chi connectivity index (χ1n) is 10.2. The molecule has 1 unspecified atom stereocenters. The van der Waals surface area contributed by atoms with Gasteiger partial charge in [0.05, 0.1) is 5.56 Å². The Balaban J connectivity index is 0.00000166. The largest absolute Gasteiger partial charge is 0.367 e. The van der Waals surface area contributed by atoms with Crippen molar-refractivity contribution in [1.82, 2.24) is 10.2 Å². The van der Waals surface area contributed by atoms with Crippen LogP contribution in [0.15, 0.2) is 29.3 Å². The molecule has 31 heavy (non-hydrogen) atoms. The van der Waals surface area contributed by atoms with Crippen LogP contribution in [-0.2, 0) is 9.59 Å². The van der Waals surface area contributed by atoms with Gasteiger partial charge in [0.2, 0.25) is 11.8 Å². The first-order valence-corrected chi connectivity index (χ1v) is 10.2. The zero-order chi connectivity index (χ0) is 23.1. The molecule has 1 atom stereocenters. The molecule has 2 aliphatic rings. The highest BCUT2D eigenvalue weighted by Crippen LogP contribution is 2.28. The number of likely N-dealkylation sites (N-methyl/N-ethyl adjacent to an activating group) is 1. The number of nitrogens with zero attached hydrogens (tertiary/aromatic N) is 2. The molecule has 1 aromatic carbocycles. The maximum absolute atomic E-state index is 13.1. The van der Waals surface area contributed by atoms with E-state index in [1.807, 2.05) is 6.07 Å². The Kier molecular flexibility index (Phi) is 8.47. The fourth-order valence-corrected chi connectivity index (χ4v) is 3.89. The smallest absolute Gasteiger partial charge is 0.255 e. The van der Waals surface area contributed by atoms with Crippen LogP contribution >= 0.6 is 0 Å². The molecule has 0 aliphatic carbocycles. The molecule has 1 aromatic rings. The number of anilines is 1. The van der Waals surface area contributed by atoms with Crippen LogP contribution in [0.25, 0.3) is 0 Å². The number of benzene rings is 1. The Labute approximate surface area is 181 Å². The minimum atomic E-state index is -0.725. The van der Waals surface area contributed by atoms with Crippen LogP contribution in [0, 0.1) is 0 Å². The molecule has 2 saturated heterocycles. The van der Waals surface area contributed by atoms with Gasteiger partial charge in [-0.05, 0) is 44.4 Å². The monoisotopic (exact) mass is 430 g/mol. The molecular weight excluding hydrogens is 400 g/mol. The van der Waals surface area contributed by atoms with Gasteiger partial charge in [-0.2, -0.15) is 0 Å². The van der Waals surface area contributed by atoms with Crippen molar-refractivity contribution in [3.63, 3.8) is 0 Å². The highest BCUT2D eigenvalue weighted by atomic mass is 16.4. The minimum absolute atomic E-state index is 0.189. The first-order chi connectivity index (χ1) is 14.8. The maximum atomic E-state index is 13.1. The normalized spacial score (nSPS) is 19.9. The van der Waals surface area contributed by atoms with E-state index in [0.29, 0.717) is 6.29 Å². The van der Waals surface area contributed by atoms with Crippen LogP contribution in [0.3, 0.4) is 0 Å². The third-order valence-electron chi connectivity index (χ3n) is 5.96. The second-order valence-electron chi connectivity index (χ2n) is 7.68. The molecule has 2 aliphatic heterocycles. The van der Waals surface area contributed by atoms with Crippen molar-refractivity contribution in [2.75, 3.05) is 25.0 Å². The summed E-state index contributed by atoms with van der Waals surface area (Å²) in [6.07, 6.45) is 3.14. The summed E-state index contributed by atoms with van der Waals surface area (Å²) in [5, 5.41) is 8.77. The lowest BCUT2D eigenvalue weighted by Crippen LogP contribution is -2.53. The van der Waals surface area contributed by atoms with E-state index < -0.39 is 17.9 Å². The number of allylic oxidation sites excluding steroid dienone is 1. The van der Waals surface area contributed by atoms with E-state index in [4.69, 9.17) is 5.21 Å². The van der Waals surface area contributed by atoms with Gasteiger partial charge in [0.25, 0.3) is 5.91 Å². The summed E-state index contributed by atoms with van der Waals surface area (Å²) in [5.74, 6) is 2.29. The highest BCUT2D eigenvalue weighted by molar-refractivity contribution is 6.06. The van der Waals surface area contributed by atoms with Gasteiger partial charge in [-0.15, -0.1) is 0 Å². The second-order valence-corrected chi connectivity index (χ2v) is 7.68. The molecule has 0 saturated carbocycles. The number of nitrogens with one attached hydrogen (secondary N) is 1. The zero-order valence-electron chi connectivity index (χ0n) is 18.2. The Morgan fingerprint density at radius 3 is 2.65 bits per heavy atom. The Morgan fingerprint density at radius 2 is 2.03 bits per heavy atom.